The summed E-state index contributed by atoms with van der Waals surface area (Å²) in [5, 5.41) is 9.29. The van der Waals surface area contributed by atoms with Crippen LogP contribution in [0.25, 0.3) is 6.08 Å². The quantitative estimate of drug-likeness (QED) is 0.731. The van der Waals surface area contributed by atoms with E-state index in [0.29, 0.717) is 0 Å². The van der Waals surface area contributed by atoms with Crippen LogP contribution in [0.15, 0.2) is 43.8 Å². The standard InChI is InChI=1S/C15H11Cl2N3O4S/c1-19-8-9(14(21)20(2)15(19)22)5-11(7-18)25(23,24)13-6-10(16)3-4-12(13)17/h3-6,8H,1-2H3/b11-5+. The molecule has 2 rings (SSSR count). The third kappa shape index (κ3) is 3.54. The van der Waals surface area contributed by atoms with Crippen LogP contribution in [0.5, 0.6) is 0 Å². The van der Waals surface area contributed by atoms with Crippen molar-refractivity contribution in [3.63, 3.8) is 0 Å². The van der Waals surface area contributed by atoms with E-state index in [1.54, 1.807) is 6.07 Å². The molecule has 2 aromatic rings. The molecule has 0 aliphatic rings. The van der Waals surface area contributed by atoms with Gasteiger partial charge in [0.15, 0.2) is 0 Å². The summed E-state index contributed by atoms with van der Waals surface area (Å²) in [4.78, 5) is 22.8. The van der Waals surface area contributed by atoms with Crippen LogP contribution in [0.2, 0.25) is 10.0 Å². The molecule has 0 unspecified atom stereocenters. The van der Waals surface area contributed by atoms with Gasteiger partial charge in [0.25, 0.3) is 5.56 Å². The number of nitrogens with zero attached hydrogens (tertiary/aromatic N) is 3. The Morgan fingerprint density at radius 2 is 1.88 bits per heavy atom. The minimum Gasteiger partial charge on any atom is -0.303 e. The predicted octanol–water partition coefficient (Wildman–Crippen LogP) is 1.73. The monoisotopic (exact) mass is 399 g/mol. The number of aromatic nitrogens is 2. The first kappa shape index (κ1) is 19.0. The molecule has 0 radical (unpaired) electrons. The van der Waals surface area contributed by atoms with Crippen molar-refractivity contribution in [2.75, 3.05) is 0 Å². The highest BCUT2D eigenvalue weighted by molar-refractivity contribution is 7.95. The van der Waals surface area contributed by atoms with Crippen molar-refractivity contribution in [3.8, 4) is 6.07 Å². The van der Waals surface area contributed by atoms with Crippen LogP contribution in [0.4, 0.5) is 0 Å². The molecule has 0 aliphatic heterocycles. The van der Waals surface area contributed by atoms with Crippen LogP contribution in [0.3, 0.4) is 0 Å². The molecule has 0 amide bonds. The lowest BCUT2D eigenvalue weighted by atomic mass is 10.3. The topological polar surface area (TPSA) is 102 Å². The Bertz CT molecular complexity index is 1150. The van der Waals surface area contributed by atoms with Crippen molar-refractivity contribution in [2.45, 2.75) is 4.90 Å². The third-order valence-electron chi connectivity index (χ3n) is 3.34. The first-order valence-corrected chi connectivity index (χ1v) is 8.92. The molecule has 0 N–H and O–H groups in total. The van der Waals surface area contributed by atoms with Crippen LogP contribution in [0, 0.1) is 11.3 Å². The summed E-state index contributed by atoms with van der Waals surface area (Å²) >= 11 is 11.7. The molecule has 25 heavy (non-hydrogen) atoms. The molecule has 1 heterocycles. The van der Waals surface area contributed by atoms with E-state index in [2.05, 4.69) is 0 Å². The summed E-state index contributed by atoms with van der Waals surface area (Å²) in [6.45, 7) is 0. The second kappa shape index (κ2) is 6.88. The van der Waals surface area contributed by atoms with E-state index < -0.39 is 26.0 Å². The van der Waals surface area contributed by atoms with Gasteiger partial charge >= 0.3 is 5.69 Å². The van der Waals surface area contributed by atoms with E-state index >= 15 is 0 Å². The summed E-state index contributed by atoms with van der Waals surface area (Å²) < 4.78 is 27.3. The second-order valence-electron chi connectivity index (χ2n) is 5.04. The number of aryl methyl sites for hydroxylation is 1. The average molecular weight is 400 g/mol. The lowest BCUT2D eigenvalue weighted by Gasteiger charge is -2.07. The van der Waals surface area contributed by atoms with E-state index in [4.69, 9.17) is 23.2 Å². The average Bonchev–Trinajstić information content (AvgIpc) is 2.56. The summed E-state index contributed by atoms with van der Waals surface area (Å²) in [6, 6.07) is 5.36. The molecule has 1 aromatic carbocycles. The number of hydrogen-bond acceptors (Lipinski definition) is 5. The smallest absolute Gasteiger partial charge is 0.303 e. The normalized spacial score (nSPS) is 12.0. The Morgan fingerprint density at radius 3 is 2.48 bits per heavy atom. The number of nitriles is 1. The van der Waals surface area contributed by atoms with Gasteiger partial charge in [-0.1, -0.05) is 23.2 Å². The maximum Gasteiger partial charge on any atom is 0.330 e. The van der Waals surface area contributed by atoms with Crippen LogP contribution >= 0.6 is 23.2 Å². The zero-order valence-electron chi connectivity index (χ0n) is 13.0. The molecule has 10 heteroatoms. The molecule has 0 fully saturated rings. The van der Waals surface area contributed by atoms with Crippen molar-refractivity contribution in [2.24, 2.45) is 14.1 Å². The molecule has 130 valence electrons. The summed E-state index contributed by atoms with van der Waals surface area (Å²) in [5.74, 6) is 0. The zero-order chi connectivity index (χ0) is 18.9. The zero-order valence-corrected chi connectivity index (χ0v) is 15.4. The summed E-state index contributed by atoms with van der Waals surface area (Å²) in [7, 11) is -1.66. The first-order valence-electron chi connectivity index (χ1n) is 6.68. The Labute approximate surface area is 152 Å². The molecular formula is C15H11Cl2N3O4S. The fraction of sp³-hybridized carbons (Fsp3) is 0.133. The highest BCUT2D eigenvalue weighted by Crippen LogP contribution is 2.29. The molecule has 0 saturated carbocycles. The van der Waals surface area contributed by atoms with Crippen LogP contribution < -0.4 is 11.2 Å². The molecule has 0 bridgehead atoms. The van der Waals surface area contributed by atoms with Gasteiger partial charge in [0.1, 0.15) is 11.0 Å². The Balaban J connectivity index is 2.75. The number of allylic oxidation sites excluding steroid dienone is 1. The van der Waals surface area contributed by atoms with E-state index in [-0.39, 0.29) is 20.5 Å². The van der Waals surface area contributed by atoms with Gasteiger partial charge in [-0.3, -0.25) is 9.36 Å². The van der Waals surface area contributed by atoms with Gasteiger partial charge in [0.05, 0.1) is 15.5 Å². The largest absolute Gasteiger partial charge is 0.330 e. The lowest BCUT2D eigenvalue weighted by molar-refractivity contribution is 0.603. The van der Waals surface area contributed by atoms with E-state index in [1.165, 1.54) is 26.2 Å². The van der Waals surface area contributed by atoms with Gasteiger partial charge in [-0.25, -0.2) is 13.2 Å². The molecule has 1 aromatic heterocycles. The van der Waals surface area contributed by atoms with Crippen molar-refractivity contribution in [1.82, 2.24) is 9.13 Å². The SMILES string of the molecule is Cn1cc(/C=C(\C#N)S(=O)(=O)c2cc(Cl)ccc2Cl)c(=O)n(C)c1=O. The molecule has 0 spiro atoms. The number of benzene rings is 1. The van der Waals surface area contributed by atoms with Gasteiger partial charge in [-0.15, -0.1) is 0 Å². The van der Waals surface area contributed by atoms with Crippen molar-refractivity contribution in [3.05, 3.63) is 65.7 Å². The molecule has 0 aliphatic carbocycles. The van der Waals surface area contributed by atoms with Crippen molar-refractivity contribution in [1.29, 1.82) is 5.26 Å². The molecule has 7 nitrogen and oxygen atoms in total. The Kier molecular flexibility index (Phi) is 5.23. The van der Waals surface area contributed by atoms with Crippen LogP contribution in [0.1, 0.15) is 5.56 Å². The third-order valence-corrected chi connectivity index (χ3v) is 5.72. The van der Waals surface area contributed by atoms with Gasteiger partial charge in [0, 0.05) is 25.3 Å². The Hall–Kier alpha value is -2.34. The van der Waals surface area contributed by atoms with Gasteiger partial charge in [-0.05, 0) is 24.3 Å². The first-order chi connectivity index (χ1) is 11.6. The maximum atomic E-state index is 12.7. The number of rotatable bonds is 3. The lowest BCUT2D eigenvalue weighted by Crippen LogP contribution is -2.37. The highest BCUT2D eigenvalue weighted by atomic mass is 35.5. The van der Waals surface area contributed by atoms with Crippen molar-refractivity contribution < 1.29 is 8.42 Å². The van der Waals surface area contributed by atoms with Crippen molar-refractivity contribution >= 4 is 39.1 Å². The van der Waals surface area contributed by atoms with Gasteiger partial charge in [-0.2, -0.15) is 5.26 Å². The van der Waals surface area contributed by atoms with E-state index in [9.17, 15) is 23.3 Å². The van der Waals surface area contributed by atoms with E-state index in [0.717, 1.165) is 27.5 Å². The summed E-state index contributed by atoms with van der Waals surface area (Å²) in [6.07, 6.45) is 2.05. The number of halogens is 2. The van der Waals surface area contributed by atoms with Gasteiger partial charge < -0.3 is 4.57 Å². The van der Waals surface area contributed by atoms with Crippen LogP contribution in [-0.2, 0) is 23.9 Å². The highest BCUT2D eigenvalue weighted by Gasteiger charge is 2.24. The second-order valence-corrected chi connectivity index (χ2v) is 7.77. The minimum absolute atomic E-state index is 0.112. The Morgan fingerprint density at radius 1 is 1.24 bits per heavy atom. The van der Waals surface area contributed by atoms with Gasteiger partial charge in [0.2, 0.25) is 9.84 Å². The maximum absolute atomic E-state index is 12.7. The minimum atomic E-state index is -4.31. The fourth-order valence-electron chi connectivity index (χ4n) is 2.05. The fourth-order valence-corrected chi connectivity index (χ4v) is 3.95. The molecule has 0 atom stereocenters. The molecular weight excluding hydrogens is 389 g/mol. The summed E-state index contributed by atoms with van der Waals surface area (Å²) in [5.41, 5.74) is -1.45. The number of sulfone groups is 1. The van der Waals surface area contributed by atoms with Crippen LogP contribution in [-0.4, -0.2) is 17.6 Å². The molecule has 0 saturated heterocycles. The van der Waals surface area contributed by atoms with E-state index in [1.807, 2.05) is 0 Å². The predicted molar refractivity (Wildman–Crippen MR) is 94.2 cm³/mol. The number of hydrogen-bond donors (Lipinski definition) is 0.